The summed E-state index contributed by atoms with van der Waals surface area (Å²) in [6, 6.07) is 0.704. The van der Waals surface area contributed by atoms with Gasteiger partial charge in [0.1, 0.15) is 5.01 Å². The number of nitrogens with zero attached hydrogens (tertiary/aromatic N) is 1. The quantitative estimate of drug-likeness (QED) is 0.895. The van der Waals surface area contributed by atoms with Crippen molar-refractivity contribution in [3.63, 3.8) is 0 Å². The molecule has 90 valence electrons. The summed E-state index contributed by atoms with van der Waals surface area (Å²) in [5.74, 6) is 0. The van der Waals surface area contributed by atoms with Crippen molar-refractivity contribution in [2.24, 2.45) is 0 Å². The van der Waals surface area contributed by atoms with Crippen molar-refractivity contribution in [2.45, 2.75) is 50.4 Å². The van der Waals surface area contributed by atoms with Crippen LogP contribution in [0.3, 0.4) is 0 Å². The Balaban J connectivity index is 1.77. The maximum absolute atomic E-state index is 4.49. The van der Waals surface area contributed by atoms with Gasteiger partial charge in [-0.25, -0.2) is 4.98 Å². The number of aryl methyl sites for hydroxylation is 1. The van der Waals surface area contributed by atoms with Crippen LogP contribution in [0.4, 0.5) is 0 Å². The van der Waals surface area contributed by atoms with Crippen LogP contribution in [-0.4, -0.2) is 22.5 Å². The molecule has 0 aromatic carbocycles. The molecule has 0 saturated heterocycles. The Labute approximate surface area is 106 Å². The topological polar surface area (TPSA) is 24.9 Å². The predicted molar refractivity (Wildman–Crippen MR) is 73.2 cm³/mol. The first kappa shape index (κ1) is 12.4. The van der Waals surface area contributed by atoms with Gasteiger partial charge in [-0.05, 0) is 32.4 Å². The van der Waals surface area contributed by atoms with E-state index in [4.69, 9.17) is 0 Å². The summed E-state index contributed by atoms with van der Waals surface area (Å²) < 4.78 is 0. The molecule has 1 N–H and O–H groups in total. The molecule has 2 atom stereocenters. The van der Waals surface area contributed by atoms with Gasteiger partial charge in [-0.15, -0.1) is 11.3 Å². The normalized spacial score (nSPS) is 25.9. The van der Waals surface area contributed by atoms with Crippen LogP contribution in [0.5, 0.6) is 0 Å². The smallest absolute Gasteiger partial charge is 0.107 e. The molecule has 2 nitrogen and oxygen atoms in total. The van der Waals surface area contributed by atoms with Crippen LogP contribution < -0.4 is 5.32 Å². The van der Waals surface area contributed by atoms with Crippen LogP contribution in [0.1, 0.15) is 36.4 Å². The number of thioether (sulfide) groups is 1. The largest absolute Gasteiger partial charge is 0.308 e. The molecule has 1 aliphatic carbocycles. The van der Waals surface area contributed by atoms with Gasteiger partial charge in [0.2, 0.25) is 0 Å². The number of nitrogens with one attached hydrogen (secondary N) is 1. The molecule has 4 heteroatoms. The van der Waals surface area contributed by atoms with Gasteiger partial charge in [-0.2, -0.15) is 11.8 Å². The van der Waals surface area contributed by atoms with E-state index >= 15 is 0 Å². The molecule has 2 unspecified atom stereocenters. The molecule has 0 amide bonds. The Kier molecular flexibility index (Phi) is 4.67. The van der Waals surface area contributed by atoms with E-state index in [2.05, 4.69) is 28.9 Å². The van der Waals surface area contributed by atoms with Crippen molar-refractivity contribution in [3.05, 3.63) is 16.1 Å². The standard InChI is InChI=1S/C12H20N2S2/c1-9-8-16-12(14-9)7-13-10-4-3-5-11(6-10)15-2/h8,10-11,13H,3-7H2,1-2H3. The molecule has 0 radical (unpaired) electrons. The third kappa shape index (κ3) is 3.47. The lowest BCUT2D eigenvalue weighted by atomic mass is 9.95. The van der Waals surface area contributed by atoms with Crippen LogP contribution in [0.15, 0.2) is 5.38 Å². The first-order chi connectivity index (χ1) is 7.78. The highest BCUT2D eigenvalue weighted by atomic mass is 32.2. The van der Waals surface area contributed by atoms with E-state index in [1.807, 2.05) is 11.8 Å². The molecule has 1 fully saturated rings. The second-order valence-corrected chi connectivity index (χ2v) is 6.57. The van der Waals surface area contributed by atoms with E-state index < -0.39 is 0 Å². The van der Waals surface area contributed by atoms with Crippen molar-refractivity contribution in [3.8, 4) is 0 Å². The van der Waals surface area contributed by atoms with Crippen molar-refractivity contribution in [1.82, 2.24) is 10.3 Å². The highest BCUT2D eigenvalue weighted by Gasteiger charge is 2.20. The zero-order valence-electron chi connectivity index (χ0n) is 10.0. The van der Waals surface area contributed by atoms with Gasteiger partial charge in [0.15, 0.2) is 0 Å². The van der Waals surface area contributed by atoms with Crippen LogP contribution in [0, 0.1) is 6.92 Å². The highest BCUT2D eigenvalue weighted by molar-refractivity contribution is 7.99. The fourth-order valence-corrected chi connectivity index (χ4v) is 3.81. The van der Waals surface area contributed by atoms with Gasteiger partial charge in [0.05, 0.1) is 0 Å². The summed E-state index contributed by atoms with van der Waals surface area (Å²) in [6.07, 6.45) is 7.67. The molecule has 0 spiro atoms. The lowest BCUT2D eigenvalue weighted by molar-refractivity contribution is 0.379. The van der Waals surface area contributed by atoms with Crippen LogP contribution in [-0.2, 0) is 6.54 Å². The first-order valence-corrected chi connectivity index (χ1v) is 8.12. The Morgan fingerprint density at radius 2 is 2.44 bits per heavy atom. The molecular formula is C12H20N2S2. The Morgan fingerprint density at radius 1 is 1.56 bits per heavy atom. The minimum Gasteiger partial charge on any atom is -0.308 e. The third-order valence-corrected chi connectivity index (χ3v) is 5.23. The fourth-order valence-electron chi connectivity index (χ4n) is 2.26. The van der Waals surface area contributed by atoms with Gasteiger partial charge in [0.25, 0.3) is 0 Å². The Hall–Kier alpha value is -0.0600. The molecule has 0 bridgehead atoms. The van der Waals surface area contributed by atoms with E-state index in [0.717, 1.165) is 17.5 Å². The molecule has 1 aromatic rings. The van der Waals surface area contributed by atoms with E-state index in [1.165, 1.54) is 30.7 Å². The third-order valence-electron chi connectivity index (χ3n) is 3.17. The molecule has 16 heavy (non-hydrogen) atoms. The van der Waals surface area contributed by atoms with Crippen LogP contribution >= 0.6 is 23.1 Å². The summed E-state index contributed by atoms with van der Waals surface area (Å²) in [5, 5.41) is 7.87. The van der Waals surface area contributed by atoms with Gasteiger partial charge in [0, 0.05) is 28.9 Å². The monoisotopic (exact) mass is 256 g/mol. The molecular weight excluding hydrogens is 236 g/mol. The average molecular weight is 256 g/mol. The number of hydrogen-bond acceptors (Lipinski definition) is 4. The van der Waals surface area contributed by atoms with Gasteiger partial charge >= 0.3 is 0 Å². The number of thiazole rings is 1. The predicted octanol–water partition coefficient (Wildman–Crippen LogP) is 3.22. The number of rotatable bonds is 4. The maximum Gasteiger partial charge on any atom is 0.107 e. The summed E-state index contributed by atoms with van der Waals surface area (Å²) in [6.45, 7) is 3.01. The van der Waals surface area contributed by atoms with Crippen LogP contribution in [0.2, 0.25) is 0 Å². The van der Waals surface area contributed by atoms with Crippen molar-refractivity contribution in [1.29, 1.82) is 0 Å². The minimum atomic E-state index is 0.704. The zero-order chi connectivity index (χ0) is 11.4. The lowest BCUT2D eigenvalue weighted by Gasteiger charge is -2.28. The van der Waals surface area contributed by atoms with Gasteiger partial charge < -0.3 is 5.32 Å². The average Bonchev–Trinajstić information content (AvgIpc) is 2.73. The van der Waals surface area contributed by atoms with Crippen LogP contribution in [0.25, 0.3) is 0 Å². The second-order valence-electron chi connectivity index (χ2n) is 4.48. The molecule has 0 aliphatic heterocycles. The molecule has 2 rings (SSSR count). The number of aromatic nitrogens is 1. The Bertz CT molecular complexity index is 325. The van der Waals surface area contributed by atoms with Gasteiger partial charge in [-0.1, -0.05) is 6.42 Å². The molecule has 1 saturated carbocycles. The first-order valence-electron chi connectivity index (χ1n) is 5.95. The highest BCUT2D eigenvalue weighted by Crippen LogP contribution is 2.27. The lowest BCUT2D eigenvalue weighted by Crippen LogP contribution is -2.34. The number of hydrogen-bond donors (Lipinski definition) is 1. The van der Waals surface area contributed by atoms with E-state index in [9.17, 15) is 0 Å². The summed E-state index contributed by atoms with van der Waals surface area (Å²) >= 11 is 3.79. The summed E-state index contributed by atoms with van der Waals surface area (Å²) in [7, 11) is 0. The van der Waals surface area contributed by atoms with Crippen molar-refractivity contribution >= 4 is 23.1 Å². The summed E-state index contributed by atoms with van der Waals surface area (Å²) in [4.78, 5) is 4.49. The van der Waals surface area contributed by atoms with Crippen molar-refractivity contribution in [2.75, 3.05) is 6.26 Å². The molecule has 1 heterocycles. The molecule has 1 aliphatic rings. The van der Waals surface area contributed by atoms with E-state index in [1.54, 1.807) is 11.3 Å². The SMILES string of the molecule is CSC1CCCC(NCc2nc(C)cs2)C1. The minimum absolute atomic E-state index is 0.704. The fraction of sp³-hybridized carbons (Fsp3) is 0.750. The van der Waals surface area contributed by atoms with E-state index in [0.29, 0.717) is 6.04 Å². The molecule has 1 aromatic heterocycles. The van der Waals surface area contributed by atoms with Crippen molar-refractivity contribution < 1.29 is 0 Å². The van der Waals surface area contributed by atoms with E-state index in [-0.39, 0.29) is 0 Å². The maximum atomic E-state index is 4.49. The second kappa shape index (κ2) is 6.03. The Morgan fingerprint density at radius 3 is 3.12 bits per heavy atom. The summed E-state index contributed by atoms with van der Waals surface area (Å²) in [5.41, 5.74) is 1.15. The van der Waals surface area contributed by atoms with Gasteiger partial charge in [-0.3, -0.25) is 0 Å². The zero-order valence-corrected chi connectivity index (χ0v) is 11.7.